The Bertz CT molecular complexity index is 388. The molecule has 0 unspecified atom stereocenters. The highest BCUT2D eigenvalue weighted by atomic mass is 32.1. The largest absolute Gasteiger partial charge is 0.480 e. The summed E-state index contributed by atoms with van der Waals surface area (Å²) >= 11 is 4.70. The lowest BCUT2D eigenvalue weighted by Gasteiger charge is -2.04. The third-order valence-corrected chi connectivity index (χ3v) is 1.83. The van der Waals surface area contributed by atoms with Gasteiger partial charge in [0.25, 0.3) is 5.56 Å². The van der Waals surface area contributed by atoms with E-state index in [-0.39, 0.29) is 5.56 Å². The van der Waals surface area contributed by atoms with Crippen molar-refractivity contribution >= 4 is 17.2 Å². The lowest BCUT2D eigenvalue weighted by molar-refractivity contribution is 0.376. The van der Waals surface area contributed by atoms with Gasteiger partial charge in [-0.25, -0.2) is 4.68 Å². The zero-order valence-electron chi connectivity index (χ0n) is 7.77. The Morgan fingerprint density at radius 2 is 2.43 bits per heavy atom. The Labute approximate surface area is 86.5 Å². The van der Waals surface area contributed by atoms with Gasteiger partial charge >= 0.3 is 0 Å². The molecule has 1 aromatic rings. The first-order valence-corrected chi connectivity index (χ1v) is 4.45. The molecule has 0 saturated heterocycles. The molecule has 6 heteroatoms. The molecule has 0 spiro atoms. The number of nitrogens with two attached hydrogens (primary N) is 1. The summed E-state index contributed by atoms with van der Waals surface area (Å²) in [6, 6.07) is 2.91. The molecule has 2 N–H and O–H groups in total. The molecule has 5 nitrogen and oxygen atoms in total. The maximum Gasteiger partial charge on any atom is 0.266 e. The molecule has 0 atom stereocenters. The van der Waals surface area contributed by atoms with Crippen LogP contribution in [-0.2, 0) is 6.54 Å². The zero-order valence-corrected chi connectivity index (χ0v) is 8.58. The fourth-order valence-electron chi connectivity index (χ4n) is 0.915. The van der Waals surface area contributed by atoms with Gasteiger partial charge in [0.05, 0.1) is 18.6 Å². The Morgan fingerprint density at radius 3 is 3.00 bits per heavy atom. The predicted octanol–water partition coefficient (Wildman–Crippen LogP) is -0.0719. The molecule has 0 amide bonds. The Kier molecular flexibility index (Phi) is 3.58. The van der Waals surface area contributed by atoms with Crippen LogP contribution in [-0.4, -0.2) is 21.9 Å². The van der Waals surface area contributed by atoms with Crippen molar-refractivity contribution in [3.63, 3.8) is 0 Å². The van der Waals surface area contributed by atoms with Gasteiger partial charge < -0.3 is 10.5 Å². The van der Waals surface area contributed by atoms with Gasteiger partial charge in [-0.15, -0.1) is 5.10 Å². The summed E-state index contributed by atoms with van der Waals surface area (Å²) in [6.07, 6.45) is 0.454. The van der Waals surface area contributed by atoms with Crippen molar-refractivity contribution in [2.75, 3.05) is 7.11 Å². The van der Waals surface area contributed by atoms with Crippen molar-refractivity contribution in [1.82, 2.24) is 9.78 Å². The van der Waals surface area contributed by atoms with Crippen molar-refractivity contribution in [1.29, 1.82) is 0 Å². The number of thiocarbonyl (C=S) groups is 1. The molecular formula is C8H11N3O2S. The maximum atomic E-state index is 11.3. The lowest BCUT2D eigenvalue weighted by Crippen LogP contribution is -2.24. The SMILES string of the molecule is COc1ccc(=O)n(CCC(N)=S)n1. The smallest absolute Gasteiger partial charge is 0.266 e. The van der Waals surface area contributed by atoms with Gasteiger partial charge in [-0.2, -0.15) is 0 Å². The number of nitrogens with zero attached hydrogens (tertiary/aromatic N) is 2. The lowest BCUT2D eigenvalue weighted by atomic mass is 10.4. The van der Waals surface area contributed by atoms with E-state index in [1.807, 2.05) is 0 Å². The van der Waals surface area contributed by atoms with Crippen LogP contribution in [0.15, 0.2) is 16.9 Å². The molecule has 1 rings (SSSR count). The van der Waals surface area contributed by atoms with E-state index in [9.17, 15) is 4.79 Å². The highest BCUT2D eigenvalue weighted by Gasteiger charge is 2.00. The highest BCUT2D eigenvalue weighted by Crippen LogP contribution is 1.99. The first-order chi connectivity index (χ1) is 6.63. The van der Waals surface area contributed by atoms with Gasteiger partial charge in [0.1, 0.15) is 0 Å². The molecular weight excluding hydrogens is 202 g/mol. The second-order valence-corrected chi connectivity index (χ2v) is 3.18. The third-order valence-electron chi connectivity index (χ3n) is 1.62. The van der Waals surface area contributed by atoms with Crippen LogP contribution < -0.4 is 16.0 Å². The summed E-state index contributed by atoms with van der Waals surface area (Å²) in [7, 11) is 1.49. The molecule has 0 radical (unpaired) electrons. The van der Waals surface area contributed by atoms with E-state index in [1.54, 1.807) is 0 Å². The fourth-order valence-corrected chi connectivity index (χ4v) is 1.01. The van der Waals surface area contributed by atoms with Crippen molar-refractivity contribution < 1.29 is 4.74 Å². The number of hydrogen-bond acceptors (Lipinski definition) is 4. The van der Waals surface area contributed by atoms with E-state index < -0.39 is 0 Å². The minimum atomic E-state index is -0.193. The number of aromatic nitrogens is 2. The molecule has 1 heterocycles. The van der Waals surface area contributed by atoms with Crippen molar-refractivity contribution in [2.45, 2.75) is 13.0 Å². The molecule has 0 aliphatic rings. The molecule has 76 valence electrons. The van der Waals surface area contributed by atoms with Crippen LogP contribution in [0.2, 0.25) is 0 Å². The first kappa shape index (κ1) is 10.6. The van der Waals surface area contributed by atoms with Crippen molar-refractivity contribution in [3.8, 4) is 5.88 Å². The number of methoxy groups -OCH3 is 1. The van der Waals surface area contributed by atoms with Gasteiger partial charge in [0, 0.05) is 18.6 Å². The average Bonchev–Trinajstić information content (AvgIpc) is 2.16. The standard InChI is InChI=1S/C8H11N3O2S/c1-13-7-2-3-8(12)11(10-7)5-4-6(9)14/h2-3H,4-5H2,1H3,(H2,9,14). The Morgan fingerprint density at radius 1 is 1.71 bits per heavy atom. The zero-order chi connectivity index (χ0) is 10.6. The molecule has 0 aliphatic carbocycles. The minimum absolute atomic E-state index is 0.193. The monoisotopic (exact) mass is 213 g/mol. The van der Waals surface area contributed by atoms with Crippen molar-refractivity contribution in [2.24, 2.45) is 5.73 Å². The Balaban J connectivity index is 2.84. The topological polar surface area (TPSA) is 70.1 Å². The summed E-state index contributed by atoms with van der Waals surface area (Å²) in [4.78, 5) is 11.6. The summed E-state index contributed by atoms with van der Waals surface area (Å²) in [6.45, 7) is 0.380. The molecule has 1 aromatic heterocycles. The minimum Gasteiger partial charge on any atom is -0.480 e. The number of aryl methyl sites for hydroxylation is 1. The third kappa shape index (κ3) is 2.81. The molecule has 0 aliphatic heterocycles. The predicted molar refractivity (Wildman–Crippen MR) is 56.5 cm³/mol. The van der Waals surface area contributed by atoms with Gasteiger partial charge in [0.15, 0.2) is 0 Å². The van der Waals surface area contributed by atoms with Gasteiger partial charge in [-0.3, -0.25) is 4.79 Å². The van der Waals surface area contributed by atoms with Crippen LogP contribution in [0.1, 0.15) is 6.42 Å². The highest BCUT2D eigenvalue weighted by molar-refractivity contribution is 7.80. The van der Waals surface area contributed by atoms with Crippen LogP contribution in [0.4, 0.5) is 0 Å². The molecule has 14 heavy (non-hydrogen) atoms. The van der Waals surface area contributed by atoms with E-state index in [4.69, 9.17) is 22.7 Å². The first-order valence-electron chi connectivity index (χ1n) is 4.04. The fraction of sp³-hybridized carbons (Fsp3) is 0.375. The summed E-state index contributed by atoms with van der Waals surface area (Å²) in [5, 5.41) is 3.93. The quantitative estimate of drug-likeness (QED) is 0.709. The number of rotatable bonds is 4. The second-order valence-electron chi connectivity index (χ2n) is 2.65. The molecule has 0 saturated carbocycles. The summed E-state index contributed by atoms with van der Waals surface area (Å²) in [5.41, 5.74) is 5.13. The maximum absolute atomic E-state index is 11.3. The van der Waals surface area contributed by atoms with Crippen LogP contribution in [0.5, 0.6) is 5.88 Å². The van der Waals surface area contributed by atoms with E-state index in [0.29, 0.717) is 23.8 Å². The van der Waals surface area contributed by atoms with E-state index in [0.717, 1.165) is 0 Å². The van der Waals surface area contributed by atoms with Gasteiger partial charge in [0.2, 0.25) is 5.88 Å². The van der Waals surface area contributed by atoms with Crippen LogP contribution in [0.3, 0.4) is 0 Å². The van der Waals surface area contributed by atoms with Gasteiger partial charge in [-0.05, 0) is 0 Å². The molecule has 0 aromatic carbocycles. The van der Waals surface area contributed by atoms with Crippen LogP contribution in [0.25, 0.3) is 0 Å². The Hall–Kier alpha value is -1.43. The second kappa shape index (κ2) is 4.71. The normalized spacial score (nSPS) is 9.79. The summed E-state index contributed by atoms with van der Waals surface area (Å²) in [5.74, 6) is 0.396. The molecule has 0 bridgehead atoms. The average molecular weight is 213 g/mol. The van der Waals surface area contributed by atoms with Crippen LogP contribution >= 0.6 is 12.2 Å². The van der Waals surface area contributed by atoms with Crippen LogP contribution in [0, 0.1) is 0 Å². The number of hydrogen-bond donors (Lipinski definition) is 1. The van der Waals surface area contributed by atoms with Gasteiger partial charge in [-0.1, -0.05) is 12.2 Å². The van der Waals surface area contributed by atoms with E-state index in [1.165, 1.54) is 23.9 Å². The number of ether oxygens (including phenoxy) is 1. The van der Waals surface area contributed by atoms with E-state index in [2.05, 4.69) is 5.10 Å². The van der Waals surface area contributed by atoms with Crippen molar-refractivity contribution in [3.05, 3.63) is 22.5 Å². The summed E-state index contributed by atoms with van der Waals surface area (Å²) < 4.78 is 6.16. The molecule has 0 fully saturated rings. The van der Waals surface area contributed by atoms with E-state index >= 15 is 0 Å².